The van der Waals surface area contributed by atoms with Gasteiger partial charge in [0.15, 0.2) is 6.29 Å². The van der Waals surface area contributed by atoms with E-state index in [0.29, 0.717) is 36.3 Å². The lowest BCUT2D eigenvalue weighted by atomic mass is 9.99. The molecule has 3 aliphatic rings. The van der Waals surface area contributed by atoms with Gasteiger partial charge in [0.25, 0.3) is 0 Å². The molecule has 2 aromatic carbocycles. The fraction of sp³-hybridized carbons (Fsp3) is 0.571. The molecule has 3 aliphatic heterocycles. The molecule has 3 fully saturated rings. The van der Waals surface area contributed by atoms with Crippen molar-refractivity contribution in [3.63, 3.8) is 0 Å². The van der Waals surface area contributed by atoms with Crippen molar-refractivity contribution in [2.75, 3.05) is 19.6 Å². The molecule has 0 bridgehead atoms. The van der Waals surface area contributed by atoms with Crippen molar-refractivity contribution in [1.29, 1.82) is 0 Å². The molecule has 2 amide bonds. The maximum Gasteiger partial charge on any atom is 0.471 e. The van der Waals surface area contributed by atoms with Crippen molar-refractivity contribution in [2.24, 2.45) is 0 Å². The number of alkyl halides is 3. The van der Waals surface area contributed by atoms with Gasteiger partial charge in [0.05, 0.1) is 18.8 Å². The van der Waals surface area contributed by atoms with Gasteiger partial charge in [-0.1, -0.05) is 48.5 Å². The van der Waals surface area contributed by atoms with Crippen molar-refractivity contribution in [3.8, 4) is 0 Å². The van der Waals surface area contributed by atoms with Gasteiger partial charge < -0.3 is 29.5 Å². The van der Waals surface area contributed by atoms with E-state index in [4.69, 9.17) is 14.2 Å². The second kappa shape index (κ2) is 14.9. The Morgan fingerprint density at radius 3 is 2.17 bits per heavy atom. The van der Waals surface area contributed by atoms with Crippen LogP contribution in [0.5, 0.6) is 0 Å². The van der Waals surface area contributed by atoms with Gasteiger partial charge in [0.2, 0.25) is 5.91 Å². The maximum atomic E-state index is 13.0. The monoisotopic (exact) mass is 675 g/mol. The van der Waals surface area contributed by atoms with Gasteiger partial charge in [-0.15, -0.1) is 0 Å². The Labute approximate surface area is 278 Å². The highest BCUT2D eigenvalue weighted by atomic mass is 19.4. The van der Waals surface area contributed by atoms with Crippen LogP contribution in [0.25, 0.3) is 0 Å². The minimum Gasteiger partial charge on any atom is -0.459 e. The van der Waals surface area contributed by atoms with Crippen LogP contribution in [0.2, 0.25) is 0 Å². The molecular weight excluding hydrogens is 631 g/mol. The Balaban J connectivity index is 1.26. The van der Waals surface area contributed by atoms with E-state index in [-0.39, 0.29) is 50.3 Å². The van der Waals surface area contributed by atoms with E-state index < -0.39 is 35.9 Å². The smallest absolute Gasteiger partial charge is 0.459 e. The van der Waals surface area contributed by atoms with Crippen LogP contribution in [-0.4, -0.2) is 82.3 Å². The molecule has 5 atom stereocenters. The number of hydrogen-bond acceptors (Lipinski definition) is 8. The third kappa shape index (κ3) is 8.93. The molecule has 0 radical (unpaired) electrons. The molecule has 0 aliphatic carbocycles. The third-order valence-electron chi connectivity index (χ3n) is 8.87. The van der Waals surface area contributed by atoms with E-state index in [0.717, 1.165) is 29.7 Å². The molecule has 0 spiro atoms. The van der Waals surface area contributed by atoms with Crippen LogP contribution in [0.3, 0.4) is 0 Å². The number of carbonyl (C=O) groups excluding carboxylic acids is 3. The summed E-state index contributed by atoms with van der Waals surface area (Å²) in [5.74, 6) is -2.87. The van der Waals surface area contributed by atoms with Crippen LogP contribution in [0.4, 0.5) is 13.2 Å². The zero-order chi connectivity index (χ0) is 34.6. The van der Waals surface area contributed by atoms with Gasteiger partial charge in [-0.2, -0.15) is 13.2 Å². The minimum atomic E-state index is -5.03. The standard InChI is InChI=1S/C35H44F3N3O7/c1-34(2,3)48-31(44)28-7-4-16-40(28)20-26-18-29(24-12-10-23(21-42)11-13-24)47-32(46-26)25-14-8-22(9-15-25)19-39-30(43)27-6-5-17-41(27)33(45)35(36,37)38/h8-15,26-29,32,42H,4-7,16-21H2,1-3H3,(H,39,43)/t26-,27+,28+,29+,32+/m1/s1. The Kier molecular flexibility index (Phi) is 11.1. The first-order valence-electron chi connectivity index (χ1n) is 16.4. The van der Waals surface area contributed by atoms with Crippen molar-refractivity contribution in [1.82, 2.24) is 15.1 Å². The van der Waals surface area contributed by atoms with Gasteiger partial charge in [0, 0.05) is 31.6 Å². The molecule has 262 valence electrons. The number of carbonyl (C=O) groups is 3. The highest BCUT2D eigenvalue weighted by molar-refractivity contribution is 5.90. The van der Waals surface area contributed by atoms with Crippen molar-refractivity contribution in [2.45, 2.75) is 108 Å². The molecule has 2 aromatic rings. The second-order valence-electron chi connectivity index (χ2n) is 13.7. The molecule has 0 unspecified atom stereocenters. The zero-order valence-electron chi connectivity index (χ0n) is 27.5. The lowest BCUT2D eigenvalue weighted by molar-refractivity contribution is -0.253. The predicted molar refractivity (Wildman–Crippen MR) is 168 cm³/mol. The summed E-state index contributed by atoms with van der Waals surface area (Å²) in [5.41, 5.74) is 2.57. The fourth-order valence-corrected chi connectivity index (χ4v) is 6.52. The average Bonchev–Trinajstić information content (AvgIpc) is 3.72. The number of ether oxygens (including phenoxy) is 3. The molecule has 48 heavy (non-hydrogen) atoms. The number of esters is 1. The van der Waals surface area contributed by atoms with Crippen molar-refractivity contribution in [3.05, 3.63) is 70.8 Å². The van der Waals surface area contributed by atoms with E-state index in [2.05, 4.69) is 10.2 Å². The summed E-state index contributed by atoms with van der Waals surface area (Å²) < 4.78 is 57.6. The van der Waals surface area contributed by atoms with E-state index in [1.54, 1.807) is 12.1 Å². The predicted octanol–water partition coefficient (Wildman–Crippen LogP) is 4.70. The number of hydrogen-bond donors (Lipinski definition) is 2. The summed E-state index contributed by atoms with van der Waals surface area (Å²) in [6.07, 6.45) is -3.74. The van der Waals surface area contributed by atoms with Gasteiger partial charge >= 0.3 is 18.1 Å². The number of likely N-dealkylation sites (tertiary alicyclic amines) is 2. The van der Waals surface area contributed by atoms with E-state index in [1.165, 1.54) is 0 Å². The van der Waals surface area contributed by atoms with Crippen molar-refractivity contribution < 1.29 is 46.9 Å². The average molecular weight is 676 g/mol. The number of aliphatic hydroxyl groups is 1. The van der Waals surface area contributed by atoms with Gasteiger partial charge in [-0.3, -0.25) is 19.3 Å². The summed E-state index contributed by atoms with van der Waals surface area (Å²) in [6.45, 7) is 6.70. The van der Waals surface area contributed by atoms with E-state index in [9.17, 15) is 32.7 Å². The fourth-order valence-electron chi connectivity index (χ4n) is 6.52. The van der Waals surface area contributed by atoms with Crippen LogP contribution in [0.15, 0.2) is 48.5 Å². The lowest BCUT2D eigenvalue weighted by Gasteiger charge is -2.38. The summed E-state index contributed by atoms with van der Waals surface area (Å²) in [7, 11) is 0. The molecule has 10 nitrogen and oxygen atoms in total. The molecule has 13 heteroatoms. The summed E-state index contributed by atoms with van der Waals surface area (Å²) in [5, 5.41) is 12.2. The van der Waals surface area contributed by atoms with Gasteiger partial charge in [-0.05, 0) is 69.7 Å². The normalized spacial score (nSPS) is 25.2. The highest BCUT2D eigenvalue weighted by Gasteiger charge is 2.47. The molecule has 0 aromatic heterocycles. The molecule has 3 heterocycles. The van der Waals surface area contributed by atoms with Crippen LogP contribution >= 0.6 is 0 Å². The quantitative estimate of drug-likeness (QED) is 0.368. The number of aliphatic hydroxyl groups excluding tert-OH is 1. The number of benzene rings is 2. The van der Waals surface area contributed by atoms with Crippen LogP contribution in [0, 0.1) is 0 Å². The zero-order valence-corrected chi connectivity index (χ0v) is 27.5. The molecular formula is C35H44F3N3O7. The Morgan fingerprint density at radius 1 is 0.896 bits per heavy atom. The first-order chi connectivity index (χ1) is 22.7. The van der Waals surface area contributed by atoms with E-state index in [1.807, 2.05) is 57.2 Å². The van der Waals surface area contributed by atoms with Crippen molar-refractivity contribution >= 4 is 17.8 Å². The molecule has 3 saturated heterocycles. The third-order valence-corrected chi connectivity index (χ3v) is 8.87. The minimum absolute atomic E-state index is 0.0690. The van der Waals surface area contributed by atoms with Gasteiger partial charge in [0.1, 0.15) is 17.7 Å². The van der Waals surface area contributed by atoms with Crippen LogP contribution in [0.1, 0.15) is 87.5 Å². The SMILES string of the molecule is CC(C)(C)OC(=O)[C@@H]1CCCN1C[C@H]1C[C@@H](c2ccc(CO)cc2)O[C@@H](c2ccc(CNC(=O)[C@@H]3CCCN3C(=O)C(F)(F)F)cc2)O1. The first kappa shape index (κ1) is 35.8. The summed E-state index contributed by atoms with van der Waals surface area (Å²) in [6, 6.07) is 13.2. The van der Waals surface area contributed by atoms with E-state index >= 15 is 0 Å². The number of rotatable bonds is 9. The largest absolute Gasteiger partial charge is 0.471 e. The topological polar surface area (TPSA) is 118 Å². The van der Waals surface area contributed by atoms with Crippen LogP contribution < -0.4 is 5.32 Å². The number of halogens is 3. The van der Waals surface area contributed by atoms with Crippen LogP contribution in [-0.2, 0) is 41.7 Å². The number of amides is 2. The maximum absolute atomic E-state index is 13.0. The molecule has 0 saturated carbocycles. The summed E-state index contributed by atoms with van der Waals surface area (Å²) >= 11 is 0. The number of nitrogens with one attached hydrogen (secondary N) is 1. The first-order valence-corrected chi connectivity index (χ1v) is 16.4. The number of nitrogens with zero attached hydrogens (tertiary/aromatic N) is 2. The Morgan fingerprint density at radius 2 is 1.52 bits per heavy atom. The molecule has 5 rings (SSSR count). The second-order valence-corrected chi connectivity index (χ2v) is 13.7. The van der Waals surface area contributed by atoms with Gasteiger partial charge in [-0.25, -0.2) is 0 Å². The Hall–Kier alpha value is -3.52. The highest BCUT2D eigenvalue weighted by Crippen LogP contribution is 2.39. The summed E-state index contributed by atoms with van der Waals surface area (Å²) in [4.78, 5) is 40.2. The molecule has 2 N–H and O–H groups in total. The Bertz CT molecular complexity index is 1430. The lowest BCUT2D eigenvalue weighted by Crippen LogP contribution is -2.50.